The summed E-state index contributed by atoms with van der Waals surface area (Å²) < 4.78 is 0. The SMILES string of the molecule is CCCC(C)(N)C(=O)NCC(c1ccccc1)C(C)C.Cl. The average Bonchev–Trinajstić information content (AvgIpc) is 2.39. The van der Waals surface area contributed by atoms with Crippen LogP contribution in [0, 0.1) is 5.92 Å². The highest BCUT2D eigenvalue weighted by molar-refractivity contribution is 5.85. The van der Waals surface area contributed by atoms with Crippen LogP contribution in [0.3, 0.4) is 0 Å². The Hall–Kier alpha value is -1.06. The number of hydrogen-bond donors (Lipinski definition) is 2. The van der Waals surface area contributed by atoms with Crippen molar-refractivity contribution >= 4 is 18.3 Å². The highest BCUT2D eigenvalue weighted by atomic mass is 35.5. The first-order valence-electron chi connectivity index (χ1n) is 7.50. The Morgan fingerprint density at radius 2 is 1.86 bits per heavy atom. The van der Waals surface area contributed by atoms with Gasteiger partial charge in [-0.25, -0.2) is 0 Å². The summed E-state index contributed by atoms with van der Waals surface area (Å²) in [6.07, 6.45) is 1.61. The Labute approximate surface area is 135 Å². The molecule has 0 aliphatic carbocycles. The van der Waals surface area contributed by atoms with Gasteiger partial charge in [-0.3, -0.25) is 4.79 Å². The number of nitrogens with two attached hydrogens (primary N) is 1. The lowest BCUT2D eigenvalue weighted by atomic mass is 9.88. The van der Waals surface area contributed by atoms with Crippen molar-refractivity contribution in [2.45, 2.75) is 52.0 Å². The van der Waals surface area contributed by atoms with E-state index in [1.807, 2.05) is 25.1 Å². The third kappa shape index (κ3) is 6.06. The summed E-state index contributed by atoms with van der Waals surface area (Å²) in [5, 5.41) is 3.02. The minimum absolute atomic E-state index is 0. The minimum atomic E-state index is -0.771. The largest absolute Gasteiger partial charge is 0.354 e. The summed E-state index contributed by atoms with van der Waals surface area (Å²) in [5.41, 5.74) is 6.55. The van der Waals surface area contributed by atoms with Crippen LogP contribution in [0.2, 0.25) is 0 Å². The van der Waals surface area contributed by atoms with Crippen LogP contribution in [-0.2, 0) is 4.79 Å². The van der Waals surface area contributed by atoms with E-state index in [2.05, 4.69) is 31.3 Å². The molecular formula is C17H29ClN2O. The van der Waals surface area contributed by atoms with E-state index in [-0.39, 0.29) is 18.3 Å². The second-order valence-electron chi connectivity index (χ2n) is 6.14. The number of hydrogen-bond acceptors (Lipinski definition) is 2. The topological polar surface area (TPSA) is 55.1 Å². The number of benzene rings is 1. The maximum Gasteiger partial charge on any atom is 0.239 e. The molecule has 0 saturated carbocycles. The van der Waals surface area contributed by atoms with Crippen LogP contribution in [0.5, 0.6) is 0 Å². The predicted molar refractivity (Wildman–Crippen MR) is 91.8 cm³/mol. The Kier molecular flexibility index (Phi) is 8.60. The van der Waals surface area contributed by atoms with Crippen LogP contribution < -0.4 is 11.1 Å². The van der Waals surface area contributed by atoms with Crippen molar-refractivity contribution in [2.24, 2.45) is 11.7 Å². The molecule has 0 fully saturated rings. The van der Waals surface area contributed by atoms with Gasteiger partial charge in [0.05, 0.1) is 5.54 Å². The van der Waals surface area contributed by atoms with Crippen LogP contribution in [0.25, 0.3) is 0 Å². The zero-order valence-electron chi connectivity index (χ0n) is 13.6. The summed E-state index contributed by atoms with van der Waals surface area (Å²) in [6.45, 7) is 8.84. The van der Waals surface area contributed by atoms with Crippen molar-refractivity contribution in [3.63, 3.8) is 0 Å². The van der Waals surface area contributed by atoms with Gasteiger partial charge in [0.25, 0.3) is 0 Å². The second kappa shape index (κ2) is 9.06. The van der Waals surface area contributed by atoms with Gasteiger partial charge in [-0.1, -0.05) is 57.5 Å². The molecular weight excluding hydrogens is 284 g/mol. The number of carbonyl (C=O) groups excluding carboxylic acids is 1. The molecule has 3 nitrogen and oxygen atoms in total. The highest BCUT2D eigenvalue weighted by Gasteiger charge is 2.28. The fourth-order valence-corrected chi connectivity index (χ4v) is 2.48. The van der Waals surface area contributed by atoms with Crippen LogP contribution >= 0.6 is 12.4 Å². The number of nitrogens with one attached hydrogen (secondary N) is 1. The Balaban J connectivity index is 0.00000400. The highest BCUT2D eigenvalue weighted by Crippen LogP contribution is 2.23. The summed E-state index contributed by atoms with van der Waals surface area (Å²) in [6, 6.07) is 10.3. The van der Waals surface area contributed by atoms with Gasteiger partial charge in [0.2, 0.25) is 5.91 Å². The molecule has 1 amide bonds. The lowest BCUT2D eigenvalue weighted by molar-refractivity contribution is -0.126. The van der Waals surface area contributed by atoms with Gasteiger partial charge >= 0.3 is 0 Å². The van der Waals surface area contributed by atoms with Gasteiger partial charge in [-0.15, -0.1) is 12.4 Å². The first-order valence-corrected chi connectivity index (χ1v) is 7.50. The Bertz CT molecular complexity index is 418. The van der Waals surface area contributed by atoms with E-state index in [4.69, 9.17) is 5.73 Å². The van der Waals surface area contributed by atoms with E-state index in [0.29, 0.717) is 24.8 Å². The molecule has 0 aromatic heterocycles. The zero-order valence-corrected chi connectivity index (χ0v) is 14.4. The number of amides is 1. The molecule has 120 valence electrons. The van der Waals surface area contributed by atoms with Gasteiger partial charge in [0.1, 0.15) is 0 Å². The molecule has 1 aromatic rings. The van der Waals surface area contributed by atoms with Crippen LogP contribution in [0.15, 0.2) is 30.3 Å². The van der Waals surface area contributed by atoms with Crippen molar-refractivity contribution in [2.75, 3.05) is 6.54 Å². The molecule has 0 bridgehead atoms. The molecule has 0 saturated heterocycles. The third-order valence-electron chi connectivity index (χ3n) is 3.80. The molecule has 21 heavy (non-hydrogen) atoms. The van der Waals surface area contributed by atoms with Crippen LogP contribution in [-0.4, -0.2) is 18.0 Å². The lowest BCUT2D eigenvalue weighted by Gasteiger charge is -2.26. The first-order chi connectivity index (χ1) is 9.38. The van der Waals surface area contributed by atoms with E-state index in [9.17, 15) is 4.79 Å². The monoisotopic (exact) mass is 312 g/mol. The molecule has 2 unspecified atom stereocenters. The molecule has 0 aliphatic rings. The van der Waals surface area contributed by atoms with E-state index in [0.717, 1.165) is 6.42 Å². The molecule has 4 heteroatoms. The summed E-state index contributed by atoms with van der Waals surface area (Å²) in [7, 11) is 0. The fourth-order valence-electron chi connectivity index (χ4n) is 2.48. The quantitative estimate of drug-likeness (QED) is 0.810. The van der Waals surface area contributed by atoms with Crippen molar-refractivity contribution < 1.29 is 4.79 Å². The smallest absolute Gasteiger partial charge is 0.239 e. The Morgan fingerprint density at radius 1 is 1.29 bits per heavy atom. The van der Waals surface area contributed by atoms with Gasteiger partial charge < -0.3 is 11.1 Å². The van der Waals surface area contributed by atoms with Crippen molar-refractivity contribution in [3.05, 3.63) is 35.9 Å². The van der Waals surface area contributed by atoms with Gasteiger partial charge in [-0.2, -0.15) is 0 Å². The third-order valence-corrected chi connectivity index (χ3v) is 3.80. The molecule has 1 aromatic carbocycles. The maximum atomic E-state index is 12.2. The van der Waals surface area contributed by atoms with Crippen molar-refractivity contribution in [1.29, 1.82) is 0 Å². The van der Waals surface area contributed by atoms with Gasteiger partial charge in [-0.05, 0) is 24.8 Å². The predicted octanol–water partition coefficient (Wildman–Crippen LogP) is 3.48. The average molecular weight is 313 g/mol. The summed E-state index contributed by atoms with van der Waals surface area (Å²) >= 11 is 0. The number of rotatable bonds is 7. The van der Waals surface area contributed by atoms with Crippen molar-refractivity contribution in [1.82, 2.24) is 5.32 Å². The molecule has 0 radical (unpaired) electrons. The molecule has 1 rings (SSSR count). The minimum Gasteiger partial charge on any atom is -0.354 e. The molecule has 0 aliphatic heterocycles. The van der Waals surface area contributed by atoms with Gasteiger partial charge in [0, 0.05) is 12.5 Å². The fraction of sp³-hybridized carbons (Fsp3) is 0.588. The Morgan fingerprint density at radius 3 is 2.33 bits per heavy atom. The van der Waals surface area contributed by atoms with Crippen molar-refractivity contribution in [3.8, 4) is 0 Å². The van der Waals surface area contributed by atoms with Crippen LogP contribution in [0.1, 0.15) is 52.0 Å². The van der Waals surface area contributed by atoms with E-state index in [1.165, 1.54) is 5.56 Å². The molecule has 0 spiro atoms. The lowest BCUT2D eigenvalue weighted by Crippen LogP contribution is -2.52. The summed E-state index contributed by atoms with van der Waals surface area (Å²) in [5.74, 6) is 0.728. The normalized spacial score (nSPS) is 15.0. The molecule has 3 N–H and O–H groups in total. The van der Waals surface area contributed by atoms with E-state index < -0.39 is 5.54 Å². The second-order valence-corrected chi connectivity index (χ2v) is 6.14. The van der Waals surface area contributed by atoms with E-state index >= 15 is 0 Å². The van der Waals surface area contributed by atoms with Crippen LogP contribution in [0.4, 0.5) is 0 Å². The molecule has 2 atom stereocenters. The van der Waals surface area contributed by atoms with Gasteiger partial charge in [0.15, 0.2) is 0 Å². The number of halogens is 1. The number of carbonyl (C=O) groups is 1. The zero-order chi connectivity index (χ0) is 15.2. The maximum absolute atomic E-state index is 12.2. The standard InChI is InChI=1S/C17H28N2O.ClH/c1-5-11-17(4,18)16(20)19-12-15(13(2)3)14-9-7-6-8-10-14;/h6-10,13,15H,5,11-12,18H2,1-4H3,(H,19,20);1H. The molecule has 0 heterocycles. The summed E-state index contributed by atoms with van der Waals surface area (Å²) in [4.78, 5) is 12.2. The first kappa shape index (κ1) is 19.9. The van der Waals surface area contributed by atoms with E-state index in [1.54, 1.807) is 6.92 Å².